The number of ketones is 1. The summed E-state index contributed by atoms with van der Waals surface area (Å²) in [6, 6.07) is 6.91. The van der Waals surface area contributed by atoms with Gasteiger partial charge in [-0.15, -0.1) is 0 Å². The van der Waals surface area contributed by atoms with Crippen LogP contribution in [0.4, 0.5) is 0 Å². The Balaban J connectivity index is 2.24. The van der Waals surface area contributed by atoms with Crippen LogP contribution in [-0.4, -0.2) is 31.2 Å². The molecule has 0 atom stereocenters. The van der Waals surface area contributed by atoms with Crippen LogP contribution in [-0.2, 0) is 14.6 Å². The van der Waals surface area contributed by atoms with Crippen molar-refractivity contribution in [2.24, 2.45) is 0 Å². The number of hydrogen-bond acceptors (Lipinski definition) is 6. The highest BCUT2D eigenvalue weighted by Crippen LogP contribution is 2.36. The fourth-order valence-electron chi connectivity index (χ4n) is 2.48. The molecular formula is C16H10O7S. The summed E-state index contributed by atoms with van der Waals surface area (Å²) in [5.41, 5.74) is -0.470. The van der Waals surface area contributed by atoms with Crippen molar-refractivity contribution in [3.8, 4) is 5.75 Å². The lowest BCUT2D eigenvalue weighted by atomic mass is 10.0. The van der Waals surface area contributed by atoms with Crippen LogP contribution in [0.3, 0.4) is 0 Å². The normalized spacial score (nSPS) is 14.5. The number of fused-ring (bicyclic) bond motifs is 2. The number of benzene rings is 2. The van der Waals surface area contributed by atoms with E-state index in [1.165, 1.54) is 25.1 Å². The van der Waals surface area contributed by atoms with E-state index in [0.717, 1.165) is 18.2 Å². The van der Waals surface area contributed by atoms with E-state index in [1.807, 2.05) is 0 Å². The highest BCUT2D eigenvalue weighted by molar-refractivity contribution is 7.91. The highest BCUT2D eigenvalue weighted by atomic mass is 32.2. The molecular weight excluding hydrogens is 336 g/mol. The van der Waals surface area contributed by atoms with Crippen molar-refractivity contribution in [1.82, 2.24) is 0 Å². The Labute approximate surface area is 136 Å². The van der Waals surface area contributed by atoms with Crippen molar-refractivity contribution >= 4 is 27.6 Å². The molecule has 1 aliphatic rings. The van der Waals surface area contributed by atoms with Gasteiger partial charge in [-0.3, -0.25) is 9.59 Å². The molecule has 0 radical (unpaired) electrons. The first kappa shape index (κ1) is 15.9. The molecule has 0 saturated heterocycles. The summed E-state index contributed by atoms with van der Waals surface area (Å²) in [6.45, 7) is 1.18. The SMILES string of the molecule is CC(=O)Oc1ccc2c(c1)C(=O)c1ccc(C(=O)O)cc1S2(=O)=O. The van der Waals surface area contributed by atoms with Crippen molar-refractivity contribution in [1.29, 1.82) is 0 Å². The fraction of sp³-hybridized carbons (Fsp3) is 0.0625. The first-order chi connectivity index (χ1) is 11.2. The number of carboxylic acid groups (broad SMARTS) is 1. The Morgan fingerprint density at radius 3 is 2.33 bits per heavy atom. The average molecular weight is 346 g/mol. The molecule has 122 valence electrons. The van der Waals surface area contributed by atoms with Gasteiger partial charge in [0.05, 0.1) is 15.4 Å². The van der Waals surface area contributed by atoms with Crippen molar-refractivity contribution in [3.63, 3.8) is 0 Å². The molecule has 1 aliphatic heterocycles. The molecule has 8 heteroatoms. The van der Waals surface area contributed by atoms with Gasteiger partial charge in [-0.2, -0.15) is 0 Å². The summed E-state index contributed by atoms with van der Waals surface area (Å²) in [5.74, 6) is -2.43. The Morgan fingerprint density at radius 1 is 1.00 bits per heavy atom. The molecule has 0 bridgehead atoms. The van der Waals surface area contributed by atoms with E-state index in [4.69, 9.17) is 9.84 Å². The molecule has 1 heterocycles. The molecule has 0 fully saturated rings. The van der Waals surface area contributed by atoms with Crippen molar-refractivity contribution < 1.29 is 32.6 Å². The average Bonchev–Trinajstić information content (AvgIpc) is 2.51. The van der Waals surface area contributed by atoms with E-state index < -0.39 is 27.6 Å². The van der Waals surface area contributed by atoms with Crippen LogP contribution in [0, 0.1) is 0 Å². The smallest absolute Gasteiger partial charge is 0.335 e. The summed E-state index contributed by atoms with van der Waals surface area (Å²) in [7, 11) is -4.06. The molecule has 0 amide bonds. The van der Waals surface area contributed by atoms with Crippen LogP contribution in [0.2, 0.25) is 0 Å². The fourth-order valence-corrected chi connectivity index (χ4v) is 4.14. The summed E-state index contributed by atoms with van der Waals surface area (Å²) >= 11 is 0. The van der Waals surface area contributed by atoms with Crippen LogP contribution in [0.5, 0.6) is 5.75 Å². The zero-order valence-electron chi connectivity index (χ0n) is 12.3. The van der Waals surface area contributed by atoms with Gasteiger partial charge in [0.15, 0.2) is 5.78 Å². The second-order valence-corrected chi connectivity index (χ2v) is 6.99. The lowest BCUT2D eigenvalue weighted by Crippen LogP contribution is -2.21. The van der Waals surface area contributed by atoms with Crippen LogP contribution in [0.1, 0.15) is 33.2 Å². The number of esters is 1. The molecule has 2 aromatic carbocycles. The van der Waals surface area contributed by atoms with Crippen molar-refractivity contribution in [2.45, 2.75) is 16.7 Å². The maximum Gasteiger partial charge on any atom is 0.335 e. The maximum atomic E-state index is 12.7. The molecule has 24 heavy (non-hydrogen) atoms. The summed E-state index contributed by atoms with van der Waals surface area (Å²) < 4.78 is 30.3. The third-order valence-corrected chi connectivity index (χ3v) is 5.36. The lowest BCUT2D eigenvalue weighted by molar-refractivity contribution is -0.131. The molecule has 0 spiro atoms. The predicted molar refractivity (Wildman–Crippen MR) is 80.0 cm³/mol. The second-order valence-electron chi connectivity index (χ2n) is 5.10. The zero-order chi connectivity index (χ0) is 17.6. The third kappa shape index (κ3) is 2.37. The minimum absolute atomic E-state index is 0.0513. The Bertz CT molecular complexity index is 1020. The van der Waals surface area contributed by atoms with Gasteiger partial charge in [0.2, 0.25) is 9.84 Å². The van der Waals surface area contributed by atoms with Gasteiger partial charge in [-0.05, 0) is 36.4 Å². The summed E-state index contributed by atoms with van der Waals surface area (Å²) in [4.78, 5) is 34.0. The Hall–Kier alpha value is -3.00. The highest BCUT2D eigenvalue weighted by Gasteiger charge is 2.35. The maximum absolute atomic E-state index is 12.7. The van der Waals surface area contributed by atoms with E-state index in [0.29, 0.717) is 0 Å². The summed E-state index contributed by atoms with van der Waals surface area (Å²) in [6.07, 6.45) is 0. The summed E-state index contributed by atoms with van der Waals surface area (Å²) in [5, 5.41) is 9.01. The Kier molecular flexibility index (Phi) is 3.49. The minimum Gasteiger partial charge on any atom is -0.478 e. The van der Waals surface area contributed by atoms with Crippen molar-refractivity contribution in [2.75, 3.05) is 0 Å². The monoisotopic (exact) mass is 346 g/mol. The first-order valence-electron chi connectivity index (χ1n) is 6.71. The molecule has 0 saturated carbocycles. The predicted octanol–water partition coefficient (Wildman–Crippen LogP) is 1.69. The van der Waals surface area contributed by atoms with E-state index in [-0.39, 0.29) is 32.2 Å². The van der Waals surface area contributed by atoms with Crippen molar-refractivity contribution in [3.05, 3.63) is 53.1 Å². The number of rotatable bonds is 2. The van der Waals surface area contributed by atoms with E-state index >= 15 is 0 Å². The third-order valence-electron chi connectivity index (χ3n) is 3.51. The molecule has 7 nitrogen and oxygen atoms in total. The second kappa shape index (κ2) is 5.27. The van der Waals surface area contributed by atoms with Gasteiger partial charge < -0.3 is 9.84 Å². The Morgan fingerprint density at radius 2 is 1.71 bits per heavy atom. The molecule has 0 aliphatic carbocycles. The van der Waals surface area contributed by atoms with Gasteiger partial charge in [-0.1, -0.05) is 0 Å². The molecule has 2 aromatic rings. The quantitative estimate of drug-likeness (QED) is 0.554. The number of carbonyl (C=O) groups is 3. The number of aromatic carboxylic acids is 1. The van der Waals surface area contributed by atoms with E-state index in [1.54, 1.807) is 0 Å². The number of hydrogen-bond donors (Lipinski definition) is 1. The molecule has 3 rings (SSSR count). The van der Waals surface area contributed by atoms with Crippen LogP contribution in [0.25, 0.3) is 0 Å². The van der Waals surface area contributed by atoms with Crippen LogP contribution < -0.4 is 4.74 Å². The van der Waals surface area contributed by atoms with E-state index in [9.17, 15) is 22.8 Å². The van der Waals surface area contributed by atoms with Crippen LogP contribution in [0.15, 0.2) is 46.2 Å². The van der Waals surface area contributed by atoms with Gasteiger partial charge >= 0.3 is 11.9 Å². The number of carboxylic acids is 1. The van der Waals surface area contributed by atoms with E-state index in [2.05, 4.69) is 0 Å². The lowest BCUT2D eigenvalue weighted by Gasteiger charge is -2.19. The van der Waals surface area contributed by atoms with Gasteiger partial charge in [-0.25, -0.2) is 13.2 Å². The first-order valence-corrected chi connectivity index (χ1v) is 8.20. The minimum atomic E-state index is -4.06. The number of ether oxygens (including phenoxy) is 1. The van der Waals surface area contributed by atoms with Gasteiger partial charge in [0, 0.05) is 18.1 Å². The standard InChI is InChI=1S/C16H10O7S/c1-8(17)23-10-3-5-13-12(7-10)15(18)11-4-2-9(16(19)20)6-14(11)24(13,21)22/h2-7H,1H3,(H,19,20). The largest absolute Gasteiger partial charge is 0.478 e. The van der Waals surface area contributed by atoms with Gasteiger partial charge in [0.25, 0.3) is 0 Å². The number of carbonyl (C=O) groups excluding carboxylic acids is 2. The molecule has 1 N–H and O–H groups in total. The molecule has 0 aromatic heterocycles. The van der Waals surface area contributed by atoms with Gasteiger partial charge in [0.1, 0.15) is 5.75 Å². The topological polar surface area (TPSA) is 115 Å². The van der Waals surface area contributed by atoms with Crippen LogP contribution >= 0.6 is 0 Å². The molecule has 0 unspecified atom stereocenters. The number of sulfone groups is 1. The zero-order valence-corrected chi connectivity index (χ0v) is 13.1.